The van der Waals surface area contributed by atoms with Gasteiger partial charge in [0.15, 0.2) is 6.20 Å². The zero-order valence-corrected chi connectivity index (χ0v) is 17.3. The van der Waals surface area contributed by atoms with Crippen LogP contribution in [0.2, 0.25) is 0 Å². The van der Waals surface area contributed by atoms with Crippen LogP contribution in [0.1, 0.15) is 30.5 Å². The molecule has 0 bridgehead atoms. The van der Waals surface area contributed by atoms with Gasteiger partial charge in [0.25, 0.3) is 0 Å². The quantitative estimate of drug-likeness (QED) is 0.328. The molecule has 0 N–H and O–H groups in total. The van der Waals surface area contributed by atoms with Crippen molar-refractivity contribution in [2.24, 2.45) is 13.0 Å². The van der Waals surface area contributed by atoms with Gasteiger partial charge in [-0.05, 0) is 59.5 Å². The Kier molecular flexibility index (Phi) is 3.74. The van der Waals surface area contributed by atoms with Crippen molar-refractivity contribution >= 4 is 21.5 Å². The van der Waals surface area contributed by atoms with Gasteiger partial charge in [-0.1, -0.05) is 44.2 Å². The Balaban J connectivity index is 1.88. The number of fused-ring (bicyclic) bond motifs is 3. The first kappa shape index (κ1) is 17.2. The number of hydrogen-bond acceptors (Lipinski definition) is 1. The largest absolute Gasteiger partial charge is 0.455 e. The summed E-state index contributed by atoms with van der Waals surface area (Å²) in [5, 5.41) is 5.06. The van der Waals surface area contributed by atoms with Crippen molar-refractivity contribution < 1.29 is 9.30 Å². The molecule has 4 aromatic rings. The van der Waals surface area contributed by atoms with Gasteiger partial charge in [0.1, 0.15) is 18.5 Å². The van der Waals surface area contributed by atoms with Crippen LogP contribution >= 0.6 is 0 Å². The number of benzene rings is 3. The smallest absolute Gasteiger partial charge is 0.228 e. The average Bonchev–Trinajstić information content (AvgIpc) is 2.67. The molecule has 0 atom stereocenters. The third-order valence-electron chi connectivity index (χ3n) is 6.05. The van der Waals surface area contributed by atoms with E-state index < -0.39 is 0 Å². The third kappa shape index (κ3) is 2.37. The average molecular weight is 369 g/mol. The lowest BCUT2D eigenvalue weighted by Gasteiger charge is -2.24. The molecule has 2 nitrogen and oxygen atoms in total. The first-order valence-corrected chi connectivity index (χ1v) is 10.1. The van der Waals surface area contributed by atoms with E-state index in [1.807, 2.05) is 0 Å². The first-order chi connectivity index (χ1) is 13.5. The Bertz CT molecular complexity index is 1270. The van der Waals surface area contributed by atoms with Crippen LogP contribution in [0, 0.1) is 19.8 Å². The zero-order valence-electron chi connectivity index (χ0n) is 17.3. The van der Waals surface area contributed by atoms with Crippen LogP contribution in [0.4, 0.5) is 0 Å². The van der Waals surface area contributed by atoms with Gasteiger partial charge in [-0.25, -0.2) is 4.57 Å². The van der Waals surface area contributed by atoms with Gasteiger partial charge in [-0.3, -0.25) is 0 Å². The minimum atomic E-state index is 0.649. The molecule has 0 aliphatic carbocycles. The summed E-state index contributed by atoms with van der Waals surface area (Å²) >= 11 is 0. The number of pyridine rings is 1. The van der Waals surface area contributed by atoms with Gasteiger partial charge >= 0.3 is 0 Å². The number of aromatic nitrogens is 1. The molecule has 0 spiro atoms. The summed E-state index contributed by atoms with van der Waals surface area (Å²) in [5.74, 6) is 2.61. The van der Waals surface area contributed by atoms with Crippen LogP contribution in [-0.2, 0) is 13.5 Å². The molecule has 0 radical (unpaired) electrons. The summed E-state index contributed by atoms with van der Waals surface area (Å²) in [4.78, 5) is 0. The Morgan fingerprint density at radius 1 is 0.964 bits per heavy atom. The Morgan fingerprint density at radius 2 is 1.79 bits per heavy atom. The molecule has 0 fully saturated rings. The van der Waals surface area contributed by atoms with Crippen molar-refractivity contribution in [2.75, 3.05) is 0 Å². The number of rotatable bonds is 2. The maximum Gasteiger partial charge on any atom is 0.228 e. The minimum absolute atomic E-state index is 0.649. The predicted molar refractivity (Wildman–Crippen MR) is 116 cm³/mol. The highest BCUT2D eigenvalue weighted by Crippen LogP contribution is 2.50. The summed E-state index contributed by atoms with van der Waals surface area (Å²) in [5.41, 5.74) is 6.40. The van der Waals surface area contributed by atoms with E-state index in [9.17, 15) is 0 Å². The van der Waals surface area contributed by atoms with Crippen LogP contribution < -0.4 is 9.30 Å². The summed E-state index contributed by atoms with van der Waals surface area (Å²) in [7, 11) is 2.13. The molecule has 0 unspecified atom stereocenters. The Hall–Kier alpha value is -2.87. The first-order valence-electron chi connectivity index (χ1n) is 10.1. The molecule has 0 saturated carbocycles. The van der Waals surface area contributed by atoms with Crippen LogP contribution in [0.5, 0.6) is 11.5 Å². The molecular weight excluding hydrogens is 342 g/mol. The number of nitrogens with zero attached hydrogens (tertiary/aromatic N) is 1. The van der Waals surface area contributed by atoms with E-state index in [1.165, 1.54) is 49.5 Å². The van der Waals surface area contributed by atoms with E-state index >= 15 is 0 Å². The van der Waals surface area contributed by atoms with Gasteiger partial charge in [-0.15, -0.1) is 0 Å². The van der Waals surface area contributed by atoms with E-state index in [-0.39, 0.29) is 0 Å². The highest BCUT2D eigenvalue weighted by Gasteiger charge is 2.31. The van der Waals surface area contributed by atoms with Gasteiger partial charge in [-0.2, -0.15) is 0 Å². The molecule has 1 aliphatic heterocycles. The molecule has 0 saturated heterocycles. The van der Waals surface area contributed by atoms with Crippen molar-refractivity contribution in [3.8, 4) is 22.8 Å². The van der Waals surface area contributed by atoms with Crippen molar-refractivity contribution in [3.63, 3.8) is 0 Å². The lowest BCUT2D eigenvalue weighted by Crippen LogP contribution is -2.31. The second kappa shape index (κ2) is 6.07. The predicted octanol–water partition coefficient (Wildman–Crippen LogP) is 6.41. The molecule has 0 amide bonds. The summed E-state index contributed by atoms with van der Waals surface area (Å²) < 4.78 is 8.77. The Labute approximate surface area is 166 Å². The summed E-state index contributed by atoms with van der Waals surface area (Å²) in [6, 6.07) is 15.5. The van der Waals surface area contributed by atoms with Crippen LogP contribution in [0.15, 0.2) is 48.7 Å². The number of hydrogen-bond donors (Lipinski definition) is 0. The fraction of sp³-hybridized carbons (Fsp3) is 0.269. The van der Waals surface area contributed by atoms with Crippen LogP contribution in [0.3, 0.4) is 0 Å². The second-order valence-corrected chi connectivity index (χ2v) is 8.53. The molecule has 1 aromatic heterocycles. The van der Waals surface area contributed by atoms with E-state index in [0.717, 1.165) is 17.9 Å². The summed E-state index contributed by atoms with van der Waals surface area (Å²) in [6.07, 6.45) is 3.25. The van der Waals surface area contributed by atoms with E-state index in [0.29, 0.717) is 5.92 Å². The van der Waals surface area contributed by atoms with E-state index in [1.54, 1.807) is 0 Å². The molecule has 28 heavy (non-hydrogen) atoms. The number of ether oxygens (including phenoxy) is 1. The van der Waals surface area contributed by atoms with Crippen LogP contribution in [0.25, 0.3) is 32.8 Å². The SMILES string of the molecule is Cc1c2c(c(C)c3ccc(CC(C)C)cc13)-c1c3c(cccc3cc[n+]1C)O2. The highest BCUT2D eigenvalue weighted by molar-refractivity contribution is 6.06. The monoisotopic (exact) mass is 368 g/mol. The second-order valence-electron chi connectivity index (χ2n) is 8.53. The zero-order chi connectivity index (χ0) is 19.6. The van der Waals surface area contributed by atoms with Crippen molar-refractivity contribution in [2.45, 2.75) is 34.1 Å². The molecule has 2 heterocycles. The van der Waals surface area contributed by atoms with Crippen LogP contribution in [-0.4, -0.2) is 0 Å². The standard InChI is InChI=1S/C26H26NO/c1-15(2)13-18-9-10-20-16(3)23-25-24-19(11-12-27(25)5)7-6-8-22(24)28-26(23)17(4)21(20)14-18/h6-12,14-15H,13H2,1-5H3/q+1. The van der Waals surface area contributed by atoms with Gasteiger partial charge in [0.05, 0.1) is 10.9 Å². The molecule has 1 aliphatic rings. The lowest BCUT2D eigenvalue weighted by molar-refractivity contribution is -0.659. The lowest BCUT2D eigenvalue weighted by atomic mass is 9.88. The topological polar surface area (TPSA) is 13.1 Å². The molecule has 5 rings (SSSR count). The van der Waals surface area contributed by atoms with Gasteiger partial charge < -0.3 is 4.74 Å². The maximum atomic E-state index is 6.53. The molecule has 2 heteroatoms. The fourth-order valence-electron chi connectivity index (χ4n) is 4.73. The maximum absolute atomic E-state index is 6.53. The Morgan fingerprint density at radius 3 is 2.57 bits per heavy atom. The summed E-state index contributed by atoms with van der Waals surface area (Å²) in [6.45, 7) is 8.98. The molecule has 140 valence electrons. The normalized spacial score (nSPS) is 12.5. The molecular formula is C26H26NO+. The fourth-order valence-corrected chi connectivity index (χ4v) is 4.73. The van der Waals surface area contributed by atoms with Crippen molar-refractivity contribution in [1.82, 2.24) is 0 Å². The van der Waals surface area contributed by atoms with E-state index in [2.05, 4.69) is 88.0 Å². The van der Waals surface area contributed by atoms with Gasteiger partial charge in [0.2, 0.25) is 5.69 Å². The van der Waals surface area contributed by atoms with E-state index in [4.69, 9.17) is 4.74 Å². The van der Waals surface area contributed by atoms with Gasteiger partial charge in [0, 0.05) is 11.6 Å². The van der Waals surface area contributed by atoms with Crippen molar-refractivity contribution in [3.05, 3.63) is 65.4 Å². The number of aryl methyl sites for hydroxylation is 3. The minimum Gasteiger partial charge on any atom is -0.455 e. The van der Waals surface area contributed by atoms with Crippen molar-refractivity contribution in [1.29, 1.82) is 0 Å². The molecule has 3 aromatic carbocycles. The third-order valence-corrected chi connectivity index (χ3v) is 6.05. The highest BCUT2D eigenvalue weighted by atomic mass is 16.5.